The summed E-state index contributed by atoms with van der Waals surface area (Å²) in [6, 6.07) is 1.65. The zero-order chi connectivity index (χ0) is 26.2. The van der Waals surface area contributed by atoms with Gasteiger partial charge in [0, 0.05) is 24.4 Å². The summed E-state index contributed by atoms with van der Waals surface area (Å²) in [5.41, 5.74) is 4.63. The summed E-state index contributed by atoms with van der Waals surface area (Å²) in [6.45, 7) is 3.92. The van der Waals surface area contributed by atoms with E-state index in [1.54, 1.807) is 24.8 Å². The third-order valence-electron chi connectivity index (χ3n) is 6.19. The molecular formula is C26H23FN10O. The number of pyridine rings is 3. The second-order valence-corrected chi connectivity index (χ2v) is 8.96. The molecule has 0 spiro atoms. The zero-order valence-corrected chi connectivity index (χ0v) is 20.7. The number of carbonyl (C=O) groups is 1. The standard InChI is InChI=1S/C26H23FN10O/c1-3-4-5-20(38)32-16-6-15(7-28-8-16)23-22(27)21-17(10-30-23)35-36-25(21)26-33-18-9-29-11-19(24(18)34-26)37-12-14(2)31-13-37/h6-13H,3-5H2,1-2H3,(H,32,38)(H,33,34)(H,35,36). The first kappa shape index (κ1) is 23.4. The van der Waals surface area contributed by atoms with Crippen LogP contribution in [0.15, 0.2) is 49.6 Å². The average Bonchev–Trinajstić information content (AvgIpc) is 3.65. The number of nitrogens with one attached hydrogen (secondary N) is 3. The third-order valence-corrected chi connectivity index (χ3v) is 6.19. The van der Waals surface area contributed by atoms with Gasteiger partial charge in [-0.25, -0.2) is 14.4 Å². The Bertz CT molecular complexity index is 1800. The minimum atomic E-state index is -0.577. The highest BCUT2D eigenvalue weighted by Crippen LogP contribution is 2.33. The molecule has 0 aliphatic heterocycles. The highest BCUT2D eigenvalue weighted by molar-refractivity contribution is 5.96. The average molecular weight is 511 g/mol. The van der Waals surface area contributed by atoms with Gasteiger partial charge < -0.3 is 14.9 Å². The lowest BCUT2D eigenvalue weighted by molar-refractivity contribution is -0.116. The number of hydrogen-bond donors (Lipinski definition) is 3. The zero-order valence-electron chi connectivity index (χ0n) is 20.7. The van der Waals surface area contributed by atoms with Crippen LogP contribution in [0.2, 0.25) is 0 Å². The van der Waals surface area contributed by atoms with Gasteiger partial charge in [0.05, 0.1) is 64.6 Å². The second kappa shape index (κ2) is 9.47. The van der Waals surface area contributed by atoms with Crippen molar-refractivity contribution >= 4 is 33.5 Å². The second-order valence-electron chi connectivity index (χ2n) is 8.96. The molecule has 38 heavy (non-hydrogen) atoms. The van der Waals surface area contributed by atoms with Crippen molar-refractivity contribution in [3.63, 3.8) is 0 Å². The smallest absolute Gasteiger partial charge is 0.224 e. The number of H-pyrrole nitrogens is 2. The molecule has 190 valence electrons. The SMILES string of the molecule is CCCCC(=O)Nc1cncc(-c2ncc3[nH]nc(-c4nc5c(-n6cnc(C)c6)cncc5[nH]4)c3c2F)c1. The Morgan fingerprint density at radius 3 is 2.76 bits per heavy atom. The van der Waals surface area contributed by atoms with Crippen LogP contribution in [0.1, 0.15) is 31.9 Å². The van der Waals surface area contributed by atoms with Crippen LogP contribution in [0.25, 0.3) is 50.4 Å². The molecule has 0 saturated carbocycles. The minimum Gasteiger partial charge on any atom is -0.335 e. The lowest BCUT2D eigenvalue weighted by atomic mass is 10.1. The maximum Gasteiger partial charge on any atom is 0.224 e. The number of aryl methyl sites for hydroxylation is 1. The fraction of sp³-hybridized carbons (Fsp3) is 0.192. The molecule has 11 nitrogen and oxygen atoms in total. The molecule has 0 fully saturated rings. The maximum atomic E-state index is 16.0. The summed E-state index contributed by atoms with van der Waals surface area (Å²) in [7, 11) is 0. The van der Waals surface area contributed by atoms with Crippen LogP contribution >= 0.6 is 0 Å². The van der Waals surface area contributed by atoms with E-state index in [2.05, 4.69) is 40.4 Å². The number of amides is 1. The van der Waals surface area contributed by atoms with E-state index in [0.717, 1.165) is 24.2 Å². The van der Waals surface area contributed by atoms with Crippen LogP contribution in [-0.4, -0.2) is 50.6 Å². The Morgan fingerprint density at radius 2 is 1.95 bits per heavy atom. The topological polar surface area (TPSA) is 143 Å². The predicted octanol–water partition coefficient (Wildman–Crippen LogP) is 4.72. The van der Waals surface area contributed by atoms with Crippen LogP contribution in [0.5, 0.6) is 0 Å². The van der Waals surface area contributed by atoms with Gasteiger partial charge in [-0.15, -0.1) is 0 Å². The van der Waals surface area contributed by atoms with E-state index >= 15 is 4.39 Å². The van der Waals surface area contributed by atoms with Gasteiger partial charge in [0.2, 0.25) is 5.91 Å². The summed E-state index contributed by atoms with van der Waals surface area (Å²) in [5.74, 6) is -0.314. The number of unbranched alkanes of at least 4 members (excludes halogenated alkanes) is 1. The van der Waals surface area contributed by atoms with Gasteiger partial charge in [-0.05, 0) is 19.4 Å². The summed E-state index contributed by atoms with van der Waals surface area (Å²) >= 11 is 0. The number of hydrogen-bond acceptors (Lipinski definition) is 7. The fourth-order valence-corrected chi connectivity index (χ4v) is 4.32. The summed E-state index contributed by atoms with van der Waals surface area (Å²) in [6.07, 6.45) is 13.6. The van der Waals surface area contributed by atoms with Crippen molar-refractivity contribution in [2.24, 2.45) is 0 Å². The minimum absolute atomic E-state index is 0.0877. The van der Waals surface area contributed by atoms with Crippen LogP contribution in [0, 0.1) is 12.7 Å². The predicted molar refractivity (Wildman–Crippen MR) is 140 cm³/mol. The molecule has 6 aromatic rings. The van der Waals surface area contributed by atoms with Gasteiger partial charge in [-0.2, -0.15) is 5.10 Å². The van der Waals surface area contributed by atoms with E-state index in [1.165, 1.54) is 18.6 Å². The van der Waals surface area contributed by atoms with Gasteiger partial charge in [0.25, 0.3) is 0 Å². The highest BCUT2D eigenvalue weighted by atomic mass is 19.1. The third kappa shape index (κ3) is 4.15. The van der Waals surface area contributed by atoms with E-state index in [9.17, 15) is 4.79 Å². The molecule has 6 heterocycles. The van der Waals surface area contributed by atoms with E-state index in [1.807, 2.05) is 24.6 Å². The molecule has 6 rings (SSSR count). The van der Waals surface area contributed by atoms with Gasteiger partial charge >= 0.3 is 0 Å². The van der Waals surface area contributed by atoms with Crippen molar-refractivity contribution < 1.29 is 9.18 Å². The lowest BCUT2D eigenvalue weighted by Crippen LogP contribution is -2.11. The Balaban J connectivity index is 1.41. The number of aromatic amines is 2. The summed E-state index contributed by atoms with van der Waals surface area (Å²) in [4.78, 5) is 37.2. The van der Waals surface area contributed by atoms with E-state index in [0.29, 0.717) is 45.7 Å². The summed E-state index contributed by atoms with van der Waals surface area (Å²) < 4.78 is 17.8. The fourth-order valence-electron chi connectivity index (χ4n) is 4.32. The first-order valence-corrected chi connectivity index (χ1v) is 12.1. The number of halogens is 1. The molecule has 0 saturated heterocycles. The van der Waals surface area contributed by atoms with Crippen LogP contribution in [-0.2, 0) is 4.79 Å². The molecule has 0 atom stereocenters. The first-order valence-electron chi connectivity index (χ1n) is 12.1. The quantitative estimate of drug-likeness (QED) is 0.282. The lowest BCUT2D eigenvalue weighted by Gasteiger charge is -2.08. The van der Waals surface area contributed by atoms with E-state index in [4.69, 9.17) is 4.98 Å². The van der Waals surface area contributed by atoms with Crippen molar-refractivity contribution in [2.75, 3.05) is 5.32 Å². The van der Waals surface area contributed by atoms with E-state index in [-0.39, 0.29) is 17.0 Å². The number of carbonyl (C=O) groups excluding carboxylic acids is 1. The monoisotopic (exact) mass is 510 g/mol. The molecule has 1 amide bonds. The Hall–Kier alpha value is -5.00. The van der Waals surface area contributed by atoms with Crippen molar-refractivity contribution in [1.82, 2.24) is 44.7 Å². The molecular weight excluding hydrogens is 487 g/mol. The van der Waals surface area contributed by atoms with Gasteiger partial charge in [-0.3, -0.25) is 24.8 Å². The van der Waals surface area contributed by atoms with Gasteiger partial charge in [0.1, 0.15) is 16.9 Å². The Labute approximate surface area is 215 Å². The van der Waals surface area contributed by atoms with Crippen molar-refractivity contribution in [3.05, 3.63) is 61.1 Å². The largest absolute Gasteiger partial charge is 0.335 e. The number of imidazole rings is 2. The van der Waals surface area contributed by atoms with E-state index < -0.39 is 5.82 Å². The number of fused-ring (bicyclic) bond motifs is 2. The number of rotatable bonds is 7. The molecule has 3 N–H and O–H groups in total. The van der Waals surface area contributed by atoms with Gasteiger partial charge in [-0.1, -0.05) is 13.3 Å². The number of nitrogens with zero attached hydrogens (tertiary/aromatic N) is 7. The van der Waals surface area contributed by atoms with Crippen molar-refractivity contribution in [1.29, 1.82) is 0 Å². The molecule has 0 aromatic carbocycles. The number of aromatic nitrogens is 9. The summed E-state index contributed by atoms with van der Waals surface area (Å²) in [5, 5.41) is 10.2. The molecule has 12 heteroatoms. The first-order chi connectivity index (χ1) is 18.5. The van der Waals surface area contributed by atoms with Gasteiger partial charge in [0.15, 0.2) is 11.6 Å². The van der Waals surface area contributed by atoms with Crippen molar-refractivity contribution in [3.8, 4) is 28.5 Å². The van der Waals surface area contributed by atoms with Crippen LogP contribution in [0.3, 0.4) is 0 Å². The highest BCUT2D eigenvalue weighted by Gasteiger charge is 2.21. The Kier molecular flexibility index (Phi) is 5.83. The normalized spacial score (nSPS) is 11.4. The Morgan fingerprint density at radius 1 is 1.08 bits per heavy atom. The van der Waals surface area contributed by atoms with Crippen LogP contribution in [0.4, 0.5) is 10.1 Å². The number of anilines is 1. The molecule has 0 radical (unpaired) electrons. The maximum absolute atomic E-state index is 16.0. The molecule has 0 unspecified atom stereocenters. The van der Waals surface area contributed by atoms with Crippen LogP contribution < -0.4 is 5.32 Å². The molecule has 6 aromatic heterocycles. The van der Waals surface area contributed by atoms with Crippen molar-refractivity contribution in [2.45, 2.75) is 33.1 Å². The molecule has 0 aliphatic rings. The molecule has 0 bridgehead atoms. The molecule has 0 aliphatic carbocycles.